The molecule has 2 N–H and O–H groups in total. The maximum absolute atomic E-state index is 12.1. The van der Waals surface area contributed by atoms with Gasteiger partial charge < -0.3 is 5.11 Å². The number of rotatable bonds is 5. The quantitative estimate of drug-likeness (QED) is 0.879. The summed E-state index contributed by atoms with van der Waals surface area (Å²) in [6.07, 6.45) is 1.45. The van der Waals surface area contributed by atoms with E-state index in [0.29, 0.717) is 0 Å². The van der Waals surface area contributed by atoms with Crippen molar-refractivity contribution in [2.45, 2.75) is 13.8 Å². The molecule has 0 aromatic heterocycles. The second-order valence-corrected chi connectivity index (χ2v) is 6.78. The van der Waals surface area contributed by atoms with E-state index in [1.165, 1.54) is 18.2 Å². The zero-order chi connectivity index (χ0) is 17.0. The first kappa shape index (κ1) is 16.8. The molecule has 0 bridgehead atoms. The number of hydrogen-bond donors (Lipinski definition) is 2. The molecule has 120 valence electrons. The van der Waals surface area contributed by atoms with Crippen molar-refractivity contribution < 1.29 is 18.3 Å². The normalized spacial score (nSPS) is 11.6. The van der Waals surface area contributed by atoms with E-state index in [1.807, 2.05) is 19.1 Å². The highest BCUT2D eigenvalue weighted by Gasteiger charge is 2.14. The van der Waals surface area contributed by atoms with Gasteiger partial charge in [-0.15, -0.1) is 0 Å². The molecule has 0 spiro atoms. The lowest BCUT2D eigenvalue weighted by Gasteiger charge is -2.09. The van der Waals surface area contributed by atoms with Crippen LogP contribution in [0, 0.1) is 13.8 Å². The first-order chi connectivity index (χ1) is 10.8. The Bertz CT molecular complexity index is 853. The molecule has 0 fully saturated rings. The van der Waals surface area contributed by atoms with Gasteiger partial charge in [-0.3, -0.25) is 4.72 Å². The van der Waals surface area contributed by atoms with Crippen molar-refractivity contribution in [3.05, 3.63) is 70.1 Å². The topological polar surface area (TPSA) is 83.5 Å². The summed E-state index contributed by atoms with van der Waals surface area (Å²) in [6.45, 7) is 3.68. The summed E-state index contributed by atoms with van der Waals surface area (Å²) < 4.78 is 26.5. The second-order valence-electron chi connectivity index (χ2n) is 5.21. The van der Waals surface area contributed by atoms with Crippen LogP contribution in [0.25, 0.3) is 6.08 Å². The molecule has 0 unspecified atom stereocenters. The maximum Gasteiger partial charge on any atom is 0.337 e. The third-order valence-corrected chi connectivity index (χ3v) is 4.17. The number of benzene rings is 2. The van der Waals surface area contributed by atoms with Crippen molar-refractivity contribution in [2.75, 3.05) is 4.72 Å². The smallest absolute Gasteiger partial charge is 0.337 e. The first-order valence-electron chi connectivity index (χ1n) is 6.88. The average molecular weight is 331 g/mol. The van der Waals surface area contributed by atoms with Gasteiger partial charge in [0.1, 0.15) is 0 Å². The van der Waals surface area contributed by atoms with Crippen molar-refractivity contribution in [1.82, 2.24) is 0 Å². The molecule has 0 saturated carbocycles. The van der Waals surface area contributed by atoms with Gasteiger partial charge in [-0.1, -0.05) is 41.5 Å². The van der Waals surface area contributed by atoms with E-state index in [-0.39, 0.29) is 11.3 Å². The first-order valence-corrected chi connectivity index (χ1v) is 8.43. The minimum absolute atomic E-state index is 0.0386. The van der Waals surface area contributed by atoms with Crippen molar-refractivity contribution in [1.29, 1.82) is 0 Å². The summed E-state index contributed by atoms with van der Waals surface area (Å²) in [7, 11) is -3.81. The molecular formula is C17H17NO4S. The van der Waals surface area contributed by atoms with Gasteiger partial charge in [-0.25, -0.2) is 13.2 Å². The molecule has 0 aliphatic rings. The second kappa shape index (κ2) is 6.66. The highest BCUT2D eigenvalue weighted by Crippen LogP contribution is 2.19. The number of carbonyl (C=O) groups is 1. The highest BCUT2D eigenvalue weighted by molar-refractivity contribution is 7.95. The summed E-state index contributed by atoms with van der Waals surface area (Å²) in [5.74, 6) is -1.19. The number of nitrogens with one attached hydrogen (secondary N) is 1. The van der Waals surface area contributed by atoms with Gasteiger partial charge in [-0.2, -0.15) is 0 Å². The van der Waals surface area contributed by atoms with Gasteiger partial charge in [0.25, 0.3) is 10.0 Å². The van der Waals surface area contributed by atoms with Crippen LogP contribution in [0.1, 0.15) is 27.0 Å². The van der Waals surface area contributed by atoms with Crippen LogP contribution in [0.15, 0.2) is 47.9 Å². The summed E-state index contributed by atoms with van der Waals surface area (Å²) in [4.78, 5) is 11.2. The van der Waals surface area contributed by atoms with Gasteiger partial charge in [0.2, 0.25) is 0 Å². The molecule has 0 atom stereocenters. The molecule has 0 amide bonds. The Balaban J connectivity index is 2.25. The highest BCUT2D eigenvalue weighted by atomic mass is 32.2. The molecular weight excluding hydrogens is 314 g/mol. The van der Waals surface area contributed by atoms with E-state index >= 15 is 0 Å². The predicted octanol–water partition coefficient (Wildman–Crippen LogP) is 3.41. The molecule has 0 aliphatic heterocycles. The third-order valence-electron chi connectivity index (χ3n) is 3.17. The van der Waals surface area contributed by atoms with Crippen molar-refractivity contribution in [3.8, 4) is 0 Å². The predicted molar refractivity (Wildman–Crippen MR) is 90.9 cm³/mol. The van der Waals surface area contributed by atoms with Gasteiger partial charge in [0.15, 0.2) is 0 Å². The minimum Gasteiger partial charge on any atom is -0.478 e. The fraction of sp³-hybridized carbons (Fsp3) is 0.118. The number of hydrogen-bond acceptors (Lipinski definition) is 3. The lowest BCUT2D eigenvalue weighted by atomic mass is 10.1. The largest absolute Gasteiger partial charge is 0.478 e. The number of aryl methyl sites for hydroxylation is 2. The maximum atomic E-state index is 12.1. The van der Waals surface area contributed by atoms with E-state index in [0.717, 1.165) is 22.1 Å². The van der Waals surface area contributed by atoms with Gasteiger partial charge in [0, 0.05) is 0 Å². The summed E-state index contributed by atoms with van der Waals surface area (Å²) in [5.41, 5.74) is 2.51. The van der Waals surface area contributed by atoms with Gasteiger partial charge >= 0.3 is 5.97 Å². The summed E-state index contributed by atoms with van der Waals surface area (Å²) in [6, 6.07) is 11.9. The van der Waals surface area contributed by atoms with Crippen LogP contribution in [0.4, 0.5) is 5.69 Å². The van der Waals surface area contributed by atoms with E-state index in [4.69, 9.17) is 5.11 Å². The molecule has 0 radical (unpaired) electrons. The number of carboxylic acid groups (broad SMARTS) is 1. The minimum atomic E-state index is -3.81. The lowest BCUT2D eigenvalue weighted by molar-refractivity contribution is 0.0698. The molecule has 2 aromatic carbocycles. The molecule has 2 rings (SSSR count). The lowest BCUT2D eigenvalue weighted by Crippen LogP contribution is -2.12. The van der Waals surface area contributed by atoms with Crippen molar-refractivity contribution >= 4 is 27.8 Å². The molecule has 0 saturated heterocycles. The van der Waals surface area contributed by atoms with Crippen LogP contribution in [-0.4, -0.2) is 19.5 Å². The van der Waals surface area contributed by atoms with Crippen LogP contribution in [0.3, 0.4) is 0 Å². The fourth-order valence-electron chi connectivity index (χ4n) is 1.96. The Labute approximate surface area is 135 Å². The Kier molecular flexibility index (Phi) is 4.86. The van der Waals surface area contributed by atoms with Crippen LogP contribution >= 0.6 is 0 Å². The Morgan fingerprint density at radius 3 is 2.26 bits per heavy atom. The number of sulfonamides is 1. The van der Waals surface area contributed by atoms with Crippen LogP contribution in [0.5, 0.6) is 0 Å². The third kappa shape index (κ3) is 4.69. The monoisotopic (exact) mass is 331 g/mol. The van der Waals surface area contributed by atoms with Crippen molar-refractivity contribution in [3.63, 3.8) is 0 Å². The number of carboxylic acids is 1. The Morgan fingerprint density at radius 2 is 1.65 bits per heavy atom. The summed E-state index contributed by atoms with van der Waals surface area (Å²) >= 11 is 0. The molecule has 0 heterocycles. The molecule has 0 aliphatic carbocycles. The molecule has 6 heteroatoms. The summed E-state index contributed by atoms with van der Waals surface area (Å²) in [5, 5.41) is 10.2. The fourth-order valence-corrected chi connectivity index (χ4v) is 2.85. The van der Waals surface area contributed by atoms with Crippen molar-refractivity contribution in [2.24, 2.45) is 0 Å². The zero-order valence-corrected chi connectivity index (χ0v) is 13.6. The Morgan fingerprint density at radius 1 is 1.04 bits per heavy atom. The number of aromatic carboxylic acids is 1. The molecule has 2 aromatic rings. The average Bonchev–Trinajstić information content (AvgIpc) is 2.48. The van der Waals surface area contributed by atoms with Crippen LogP contribution in [-0.2, 0) is 10.0 Å². The van der Waals surface area contributed by atoms with E-state index in [1.54, 1.807) is 25.1 Å². The van der Waals surface area contributed by atoms with E-state index < -0.39 is 16.0 Å². The zero-order valence-electron chi connectivity index (χ0n) is 12.8. The molecule has 23 heavy (non-hydrogen) atoms. The number of anilines is 1. The Hall–Kier alpha value is -2.60. The van der Waals surface area contributed by atoms with E-state index in [9.17, 15) is 13.2 Å². The molecule has 5 nitrogen and oxygen atoms in total. The van der Waals surface area contributed by atoms with Gasteiger partial charge in [-0.05, 0) is 37.6 Å². The van der Waals surface area contributed by atoms with Crippen LogP contribution in [0.2, 0.25) is 0 Å². The standard InChI is InChI=1S/C17H17NO4S/c1-12-3-6-14(7-4-12)9-10-23(21,22)18-16-8-5-13(2)11-15(16)17(19)20/h3-11,18H,1-2H3,(H,19,20). The van der Waals surface area contributed by atoms with Crippen LogP contribution < -0.4 is 4.72 Å². The van der Waals surface area contributed by atoms with E-state index in [2.05, 4.69) is 4.72 Å². The van der Waals surface area contributed by atoms with Gasteiger partial charge in [0.05, 0.1) is 16.7 Å². The SMILES string of the molecule is Cc1ccc(C=CS(=O)(=O)Nc2ccc(C)cc2C(=O)O)cc1.